The van der Waals surface area contributed by atoms with Gasteiger partial charge in [-0.05, 0) is 85.0 Å². The third kappa shape index (κ3) is 6.63. The van der Waals surface area contributed by atoms with Crippen LogP contribution >= 0.6 is 0 Å². The third-order valence-electron chi connectivity index (χ3n) is 14.8. The first-order valence-corrected chi connectivity index (χ1v) is 19.7. The van der Waals surface area contributed by atoms with Crippen LogP contribution in [0.4, 0.5) is 0 Å². The molecule has 0 amide bonds. The van der Waals surface area contributed by atoms with Crippen molar-refractivity contribution in [2.24, 2.45) is 28.1 Å². The SMILES string of the molecule is C=C1C[C@@]23CC[C@@H]4C(C)(C)CCC[C@@]4(C)[C@@H]2CC[C@]1(OC1OC(CO)C(O)C(OC2OC(CO)C(O)C(O)C2O)C1OC1OC(CO)C(O)C(O)C1O)C3. The highest BCUT2D eigenvalue weighted by Gasteiger charge is 2.68. The van der Waals surface area contributed by atoms with E-state index in [1.54, 1.807) is 0 Å². The standard InChI is InChI=1S/C38H62O16/c1-17-12-37-10-6-21-35(2,3)8-5-9-36(21,4)22(37)7-11-38(17,16-37)54-34-31(53-33-29(48)27(46)24(43)19(14-40)50-33)30(25(44)20(15-41)51-34)52-32-28(47)26(45)23(42)18(13-39)49-32/h18-34,39-48H,1,5-16H2,2-4H3/t18?,19?,20?,21-,22+,23?,24?,25?,26?,27?,28?,29?,30?,31?,32?,33?,34?,36-,37-,38+/m1/s1. The van der Waals surface area contributed by atoms with E-state index in [-0.39, 0.29) is 16.2 Å². The van der Waals surface area contributed by atoms with Gasteiger partial charge < -0.3 is 79.5 Å². The zero-order chi connectivity index (χ0) is 39.1. The summed E-state index contributed by atoms with van der Waals surface area (Å²) in [5, 5.41) is 106. The normalized spacial score (nSPS) is 54.5. The van der Waals surface area contributed by atoms with E-state index in [1.807, 2.05) is 0 Å². The van der Waals surface area contributed by atoms with E-state index in [2.05, 4.69) is 27.4 Å². The first-order valence-electron chi connectivity index (χ1n) is 19.7. The number of fused-ring (bicyclic) bond motifs is 3. The van der Waals surface area contributed by atoms with Crippen molar-refractivity contribution in [3.8, 4) is 0 Å². The molecule has 10 N–H and O–H groups in total. The molecule has 4 aliphatic carbocycles. The molecular weight excluding hydrogens is 712 g/mol. The van der Waals surface area contributed by atoms with Gasteiger partial charge in [0.1, 0.15) is 73.2 Å². The second-order valence-corrected chi connectivity index (χ2v) is 18.3. The number of aliphatic hydroxyl groups is 10. The fourth-order valence-corrected chi connectivity index (χ4v) is 12.2. The fraction of sp³-hybridized carbons (Fsp3) is 0.947. The van der Waals surface area contributed by atoms with Crippen LogP contribution in [-0.2, 0) is 28.4 Å². The molecular formula is C38H62O16. The summed E-state index contributed by atoms with van der Waals surface area (Å²) >= 11 is 0. The molecule has 0 aromatic heterocycles. The molecule has 16 nitrogen and oxygen atoms in total. The van der Waals surface area contributed by atoms with Gasteiger partial charge >= 0.3 is 0 Å². The molecule has 54 heavy (non-hydrogen) atoms. The summed E-state index contributed by atoms with van der Waals surface area (Å²) in [6, 6.07) is 0. The predicted octanol–water partition coefficient (Wildman–Crippen LogP) is -1.44. The van der Waals surface area contributed by atoms with Gasteiger partial charge in [0.25, 0.3) is 0 Å². The van der Waals surface area contributed by atoms with Crippen LogP contribution in [0.5, 0.6) is 0 Å². The first-order chi connectivity index (χ1) is 25.5. The second kappa shape index (κ2) is 15.0. The molecule has 0 radical (unpaired) electrons. The Balaban J connectivity index is 1.21. The van der Waals surface area contributed by atoms with Gasteiger partial charge in [0.05, 0.1) is 25.4 Å². The molecule has 3 saturated heterocycles. The van der Waals surface area contributed by atoms with Crippen molar-refractivity contribution in [3.63, 3.8) is 0 Å². The number of ether oxygens (including phenoxy) is 6. The molecule has 7 rings (SSSR count). The Morgan fingerprint density at radius 1 is 0.611 bits per heavy atom. The van der Waals surface area contributed by atoms with E-state index in [4.69, 9.17) is 28.4 Å². The van der Waals surface area contributed by atoms with Crippen LogP contribution in [0.3, 0.4) is 0 Å². The summed E-state index contributed by atoms with van der Waals surface area (Å²) in [5.74, 6) is 1.05. The van der Waals surface area contributed by atoms with Crippen molar-refractivity contribution in [1.82, 2.24) is 0 Å². The lowest BCUT2D eigenvalue weighted by atomic mass is 9.41. The topological polar surface area (TPSA) is 258 Å². The molecule has 2 bridgehead atoms. The van der Waals surface area contributed by atoms with E-state index in [0.717, 1.165) is 31.3 Å². The maximum absolute atomic E-state index is 11.6. The van der Waals surface area contributed by atoms with Crippen LogP contribution in [0.15, 0.2) is 12.2 Å². The minimum atomic E-state index is -1.87. The largest absolute Gasteiger partial charge is 0.394 e. The summed E-state index contributed by atoms with van der Waals surface area (Å²) in [6.07, 6.45) is -16.1. The molecule has 1 spiro atoms. The molecule has 0 aromatic carbocycles. The molecule has 3 heterocycles. The molecule has 15 unspecified atom stereocenters. The Morgan fingerprint density at radius 2 is 1.13 bits per heavy atom. The van der Waals surface area contributed by atoms with Gasteiger partial charge in [-0.25, -0.2) is 0 Å². The average molecular weight is 775 g/mol. The van der Waals surface area contributed by atoms with E-state index >= 15 is 0 Å². The molecule has 20 atom stereocenters. The Morgan fingerprint density at radius 3 is 1.70 bits per heavy atom. The number of aliphatic hydroxyl groups excluding tert-OH is 10. The molecule has 7 aliphatic rings. The van der Waals surface area contributed by atoms with Gasteiger partial charge in [0, 0.05) is 0 Å². The van der Waals surface area contributed by atoms with Gasteiger partial charge in [-0.1, -0.05) is 33.8 Å². The Kier molecular flexibility index (Phi) is 11.5. The van der Waals surface area contributed by atoms with Gasteiger partial charge in [0.2, 0.25) is 0 Å². The van der Waals surface area contributed by atoms with E-state index < -0.39 is 118 Å². The lowest BCUT2D eigenvalue weighted by Crippen LogP contribution is -2.68. The highest BCUT2D eigenvalue weighted by molar-refractivity contribution is 5.30. The van der Waals surface area contributed by atoms with Crippen LogP contribution in [0.2, 0.25) is 0 Å². The monoisotopic (exact) mass is 774 g/mol. The molecule has 310 valence electrons. The van der Waals surface area contributed by atoms with Crippen LogP contribution < -0.4 is 0 Å². The summed E-state index contributed by atoms with van der Waals surface area (Å²) in [6.45, 7) is 9.63. The number of hydrogen-bond donors (Lipinski definition) is 10. The van der Waals surface area contributed by atoms with Crippen LogP contribution in [0.1, 0.15) is 78.6 Å². The number of hydrogen-bond acceptors (Lipinski definition) is 16. The third-order valence-corrected chi connectivity index (χ3v) is 14.8. The lowest BCUT2D eigenvalue weighted by molar-refractivity contribution is -0.400. The van der Waals surface area contributed by atoms with Crippen LogP contribution in [0.25, 0.3) is 0 Å². The molecule has 16 heteroatoms. The predicted molar refractivity (Wildman–Crippen MR) is 185 cm³/mol. The fourth-order valence-electron chi connectivity index (χ4n) is 12.2. The Hall–Kier alpha value is -0.900. The van der Waals surface area contributed by atoms with Gasteiger partial charge in [0.15, 0.2) is 18.9 Å². The van der Waals surface area contributed by atoms with Crippen molar-refractivity contribution in [3.05, 3.63) is 12.2 Å². The quantitative estimate of drug-likeness (QED) is 0.0951. The highest BCUT2D eigenvalue weighted by Crippen LogP contribution is 2.73. The van der Waals surface area contributed by atoms with E-state index in [1.165, 1.54) is 19.3 Å². The van der Waals surface area contributed by atoms with Crippen molar-refractivity contribution >= 4 is 0 Å². The number of rotatable bonds is 9. The van der Waals surface area contributed by atoms with E-state index in [9.17, 15) is 51.1 Å². The molecule has 3 aliphatic heterocycles. The van der Waals surface area contributed by atoms with Gasteiger partial charge in [-0.2, -0.15) is 0 Å². The summed E-state index contributed by atoms with van der Waals surface area (Å²) in [5.41, 5.74) is 0.301. The van der Waals surface area contributed by atoms with Crippen molar-refractivity contribution in [1.29, 1.82) is 0 Å². The highest BCUT2D eigenvalue weighted by atomic mass is 16.8. The minimum absolute atomic E-state index is 0.0710. The van der Waals surface area contributed by atoms with Crippen LogP contribution in [0, 0.1) is 28.1 Å². The first kappa shape index (κ1) is 41.3. The van der Waals surface area contributed by atoms with Gasteiger partial charge in [-0.3, -0.25) is 0 Å². The second-order valence-electron chi connectivity index (χ2n) is 18.3. The van der Waals surface area contributed by atoms with Crippen LogP contribution in [-0.4, -0.2) is 169 Å². The van der Waals surface area contributed by atoms with Gasteiger partial charge in [-0.15, -0.1) is 0 Å². The smallest absolute Gasteiger partial charge is 0.188 e. The summed E-state index contributed by atoms with van der Waals surface area (Å²) in [7, 11) is 0. The average Bonchev–Trinajstić information content (AvgIpc) is 3.33. The lowest BCUT2D eigenvalue weighted by Gasteiger charge is -2.64. The molecule has 4 saturated carbocycles. The van der Waals surface area contributed by atoms with Crippen molar-refractivity contribution in [2.45, 2.75) is 176 Å². The van der Waals surface area contributed by atoms with Crippen molar-refractivity contribution in [2.75, 3.05) is 19.8 Å². The maximum Gasteiger partial charge on any atom is 0.188 e. The zero-order valence-corrected chi connectivity index (χ0v) is 31.4. The Bertz CT molecular complexity index is 1350. The zero-order valence-electron chi connectivity index (χ0n) is 31.4. The maximum atomic E-state index is 11.6. The molecule has 0 aromatic rings. The summed E-state index contributed by atoms with van der Waals surface area (Å²) in [4.78, 5) is 0. The minimum Gasteiger partial charge on any atom is -0.394 e. The van der Waals surface area contributed by atoms with Crippen molar-refractivity contribution < 1.29 is 79.5 Å². The van der Waals surface area contributed by atoms with E-state index in [0.29, 0.717) is 24.7 Å². The summed E-state index contributed by atoms with van der Waals surface area (Å²) < 4.78 is 36.9. The molecule has 7 fully saturated rings. The Labute approximate surface area is 315 Å².